The summed E-state index contributed by atoms with van der Waals surface area (Å²) in [7, 11) is 3.37. The van der Waals surface area contributed by atoms with Crippen molar-refractivity contribution in [2.45, 2.75) is 19.4 Å². The van der Waals surface area contributed by atoms with Crippen molar-refractivity contribution in [2.75, 3.05) is 27.3 Å². The minimum absolute atomic E-state index is 0.813. The molecule has 2 aromatic rings. The predicted molar refractivity (Wildman–Crippen MR) is 86.5 cm³/mol. The fraction of sp³-hybridized carbons (Fsp3) is 0.389. The van der Waals surface area contributed by atoms with Gasteiger partial charge in [0.05, 0.1) is 14.2 Å². The molecule has 1 aliphatic heterocycles. The van der Waals surface area contributed by atoms with Crippen LogP contribution < -0.4 is 9.47 Å². The molecule has 1 aromatic heterocycles. The van der Waals surface area contributed by atoms with Gasteiger partial charge in [-0.2, -0.15) is 0 Å². The smallest absolute Gasteiger partial charge is 0.161 e. The van der Waals surface area contributed by atoms with E-state index in [-0.39, 0.29) is 0 Å². The second-order valence-electron chi connectivity index (χ2n) is 5.57. The molecule has 0 N–H and O–H groups in total. The number of fused-ring (bicyclic) bond motifs is 1. The molecule has 0 saturated carbocycles. The second-order valence-corrected chi connectivity index (χ2v) is 5.57. The fourth-order valence-electron chi connectivity index (χ4n) is 2.95. The third kappa shape index (κ3) is 3.22. The number of ether oxygens (including phenoxy) is 2. The highest BCUT2D eigenvalue weighted by Crippen LogP contribution is 2.33. The molecular formula is C18H22N2O2. The van der Waals surface area contributed by atoms with Gasteiger partial charge in [-0.1, -0.05) is 6.07 Å². The van der Waals surface area contributed by atoms with Gasteiger partial charge in [-0.3, -0.25) is 9.88 Å². The number of methoxy groups -OCH3 is 2. The Morgan fingerprint density at radius 2 is 1.86 bits per heavy atom. The predicted octanol–water partition coefficient (Wildman–Crippen LogP) is 2.70. The molecule has 1 aliphatic rings. The maximum atomic E-state index is 5.41. The van der Waals surface area contributed by atoms with Gasteiger partial charge in [0, 0.05) is 37.9 Å². The van der Waals surface area contributed by atoms with Crippen molar-refractivity contribution in [1.29, 1.82) is 0 Å². The second kappa shape index (κ2) is 6.79. The maximum absolute atomic E-state index is 5.41. The molecule has 4 heteroatoms. The first-order valence-electron chi connectivity index (χ1n) is 7.66. The standard InChI is InChI=1S/C18H22N2O2/c1-21-17-11-14-6-9-20(13-15(14)12-18(17)22-2)10-7-16-5-3-4-8-19-16/h3-5,8,11-12H,6-7,9-10,13H2,1-2H3. The van der Waals surface area contributed by atoms with Crippen molar-refractivity contribution in [1.82, 2.24) is 9.88 Å². The van der Waals surface area contributed by atoms with E-state index in [0.717, 1.165) is 49.7 Å². The lowest BCUT2D eigenvalue weighted by atomic mass is 9.98. The monoisotopic (exact) mass is 298 g/mol. The first kappa shape index (κ1) is 14.9. The van der Waals surface area contributed by atoms with Crippen LogP contribution in [0.4, 0.5) is 0 Å². The topological polar surface area (TPSA) is 34.6 Å². The Morgan fingerprint density at radius 3 is 2.55 bits per heavy atom. The van der Waals surface area contributed by atoms with Gasteiger partial charge >= 0.3 is 0 Å². The number of hydrogen-bond acceptors (Lipinski definition) is 4. The SMILES string of the molecule is COc1cc2c(cc1OC)CN(CCc1ccccn1)CC2. The van der Waals surface area contributed by atoms with Crippen LogP contribution in [0.15, 0.2) is 36.5 Å². The lowest BCUT2D eigenvalue weighted by molar-refractivity contribution is 0.255. The first-order valence-corrected chi connectivity index (χ1v) is 7.66. The first-order chi connectivity index (χ1) is 10.8. The van der Waals surface area contributed by atoms with Crippen LogP contribution in [0.5, 0.6) is 11.5 Å². The van der Waals surface area contributed by atoms with E-state index in [9.17, 15) is 0 Å². The molecule has 0 bridgehead atoms. The number of aromatic nitrogens is 1. The van der Waals surface area contributed by atoms with Crippen LogP contribution in [0, 0.1) is 0 Å². The summed E-state index contributed by atoms with van der Waals surface area (Å²) < 4.78 is 10.8. The van der Waals surface area contributed by atoms with Gasteiger partial charge < -0.3 is 9.47 Å². The Hall–Kier alpha value is -2.07. The largest absolute Gasteiger partial charge is 0.493 e. The number of nitrogens with zero attached hydrogens (tertiary/aromatic N) is 2. The molecule has 116 valence electrons. The van der Waals surface area contributed by atoms with Gasteiger partial charge in [0.15, 0.2) is 11.5 Å². The van der Waals surface area contributed by atoms with Gasteiger partial charge in [-0.25, -0.2) is 0 Å². The quantitative estimate of drug-likeness (QED) is 0.850. The fourth-order valence-corrected chi connectivity index (χ4v) is 2.95. The highest BCUT2D eigenvalue weighted by Gasteiger charge is 2.19. The van der Waals surface area contributed by atoms with Crippen LogP contribution >= 0.6 is 0 Å². The molecule has 0 aliphatic carbocycles. The molecule has 0 radical (unpaired) electrons. The average molecular weight is 298 g/mol. The Kier molecular flexibility index (Phi) is 4.59. The summed E-state index contributed by atoms with van der Waals surface area (Å²) >= 11 is 0. The molecule has 0 unspecified atom stereocenters. The Morgan fingerprint density at radius 1 is 1.09 bits per heavy atom. The third-order valence-electron chi connectivity index (χ3n) is 4.21. The maximum Gasteiger partial charge on any atom is 0.161 e. The molecule has 4 nitrogen and oxygen atoms in total. The lowest BCUT2D eigenvalue weighted by Crippen LogP contribution is -2.32. The minimum atomic E-state index is 0.813. The van der Waals surface area contributed by atoms with Crippen LogP contribution in [0.3, 0.4) is 0 Å². The van der Waals surface area contributed by atoms with Crippen LogP contribution in [0.25, 0.3) is 0 Å². The summed E-state index contributed by atoms with van der Waals surface area (Å²) in [6.45, 7) is 3.07. The molecule has 2 heterocycles. The normalized spacial score (nSPS) is 14.5. The molecule has 3 rings (SSSR count). The number of rotatable bonds is 5. The van der Waals surface area contributed by atoms with Crippen molar-refractivity contribution < 1.29 is 9.47 Å². The van der Waals surface area contributed by atoms with E-state index >= 15 is 0 Å². The van der Waals surface area contributed by atoms with Crippen LogP contribution in [0.2, 0.25) is 0 Å². The summed E-state index contributed by atoms with van der Waals surface area (Å²) in [6.07, 6.45) is 3.90. The molecule has 0 amide bonds. The highest BCUT2D eigenvalue weighted by atomic mass is 16.5. The minimum Gasteiger partial charge on any atom is -0.493 e. The van der Waals surface area contributed by atoms with Gasteiger partial charge in [0.1, 0.15) is 0 Å². The average Bonchev–Trinajstić information content (AvgIpc) is 2.59. The molecule has 22 heavy (non-hydrogen) atoms. The van der Waals surface area contributed by atoms with Gasteiger partial charge in [0.2, 0.25) is 0 Å². The zero-order chi connectivity index (χ0) is 15.4. The van der Waals surface area contributed by atoms with Gasteiger partial charge in [-0.15, -0.1) is 0 Å². The van der Waals surface area contributed by atoms with E-state index in [0.29, 0.717) is 0 Å². The zero-order valence-electron chi connectivity index (χ0n) is 13.2. The lowest BCUT2D eigenvalue weighted by Gasteiger charge is -2.29. The van der Waals surface area contributed by atoms with Crippen LogP contribution in [-0.4, -0.2) is 37.2 Å². The van der Waals surface area contributed by atoms with Crippen molar-refractivity contribution in [3.63, 3.8) is 0 Å². The zero-order valence-corrected chi connectivity index (χ0v) is 13.2. The third-order valence-corrected chi connectivity index (χ3v) is 4.21. The Labute approximate surface area is 131 Å². The van der Waals surface area contributed by atoms with Crippen molar-refractivity contribution in [3.8, 4) is 11.5 Å². The van der Waals surface area contributed by atoms with Crippen molar-refractivity contribution >= 4 is 0 Å². The van der Waals surface area contributed by atoms with Crippen molar-refractivity contribution in [2.24, 2.45) is 0 Å². The van der Waals surface area contributed by atoms with E-state index < -0.39 is 0 Å². The summed E-state index contributed by atoms with van der Waals surface area (Å²) in [5.74, 6) is 1.64. The van der Waals surface area contributed by atoms with Crippen LogP contribution in [-0.2, 0) is 19.4 Å². The van der Waals surface area contributed by atoms with E-state index in [1.807, 2.05) is 18.3 Å². The molecule has 1 aromatic carbocycles. The van der Waals surface area contributed by atoms with E-state index in [1.54, 1.807) is 14.2 Å². The Bertz CT molecular complexity index is 628. The van der Waals surface area contributed by atoms with E-state index in [1.165, 1.54) is 11.1 Å². The van der Waals surface area contributed by atoms with Crippen LogP contribution in [0.1, 0.15) is 16.8 Å². The molecule has 0 saturated heterocycles. The Balaban J connectivity index is 1.68. The number of benzene rings is 1. The van der Waals surface area contributed by atoms with Crippen molar-refractivity contribution in [3.05, 3.63) is 53.3 Å². The number of pyridine rings is 1. The molecule has 0 atom stereocenters. The van der Waals surface area contributed by atoms with E-state index in [2.05, 4.69) is 28.1 Å². The molecule has 0 spiro atoms. The summed E-state index contributed by atoms with van der Waals surface area (Å²) in [5, 5.41) is 0. The van der Waals surface area contributed by atoms with E-state index in [4.69, 9.17) is 9.47 Å². The summed E-state index contributed by atoms with van der Waals surface area (Å²) in [5.41, 5.74) is 3.86. The summed E-state index contributed by atoms with van der Waals surface area (Å²) in [6, 6.07) is 10.3. The molecular weight excluding hydrogens is 276 g/mol. The number of hydrogen-bond donors (Lipinski definition) is 0. The van der Waals surface area contributed by atoms with Gasteiger partial charge in [0.25, 0.3) is 0 Å². The van der Waals surface area contributed by atoms with Gasteiger partial charge in [-0.05, 0) is 41.8 Å². The highest BCUT2D eigenvalue weighted by molar-refractivity contribution is 5.48. The molecule has 0 fully saturated rings. The summed E-state index contributed by atoms with van der Waals surface area (Å²) in [4.78, 5) is 6.87.